The van der Waals surface area contributed by atoms with E-state index in [2.05, 4.69) is 11.9 Å². The first-order chi connectivity index (χ1) is 15.1. The normalized spacial score (nSPS) is 21.7. The van der Waals surface area contributed by atoms with Gasteiger partial charge in [0, 0.05) is 32.7 Å². The zero-order valence-corrected chi connectivity index (χ0v) is 18.3. The third kappa shape index (κ3) is 4.70. The molecule has 32 heavy (non-hydrogen) atoms. The summed E-state index contributed by atoms with van der Waals surface area (Å²) >= 11 is 0. The lowest BCUT2D eigenvalue weighted by Gasteiger charge is -2.46. The topological polar surface area (TPSA) is 153 Å². The predicted molar refractivity (Wildman–Crippen MR) is 114 cm³/mol. The van der Waals surface area contributed by atoms with E-state index in [9.17, 15) is 27.9 Å². The van der Waals surface area contributed by atoms with Gasteiger partial charge in [0.15, 0.2) is 6.04 Å². The van der Waals surface area contributed by atoms with E-state index in [1.807, 2.05) is 0 Å². The van der Waals surface area contributed by atoms with Crippen LogP contribution in [0.5, 0.6) is 0 Å². The molecule has 3 amide bonds. The smallest absolute Gasteiger partial charge is 0.327 e. The molecular formula is C20H27N5O6S. The van der Waals surface area contributed by atoms with E-state index in [1.54, 1.807) is 18.2 Å². The molecule has 4 N–H and O–H groups in total. The molecule has 174 valence electrons. The largest absolute Gasteiger partial charge is 0.480 e. The molecule has 3 rings (SSSR count). The number of carbonyl (C=O) groups is 3. The van der Waals surface area contributed by atoms with Crippen LogP contribution in [0.3, 0.4) is 0 Å². The van der Waals surface area contributed by atoms with E-state index in [1.165, 1.54) is 21.3 Å². The van der Waals surface area contributed by atoms with Crippen molar-refractivity contribution in [2.75, 3.05) is 32.7 Å². The van der Waals surface area contributed by atoms with E-state index in [-0.39, 0.29) is 36.9 Å². The van der Waals surface area contributed by atoms with Gasteiger partial charge in [-0.3, -0.25) is 4.79 Å². The number of amides is 3. The number of aliphatic carboxylic acids is 1. The van der Waals surface area contributed by atoms with E-state index < -0.39 is 39.9 Å². The minimum absolute atomic E-state index is 0.0564. The molecule has 2 atom stereocenters. The third-order valence-corrected chi connectivity index (χ3v) is 7.52. The number of hydrogen-bond acceptors (Lipinski definition) is 7. The molecule has 1 unspecified atom stereocenters. The molecule has 0 radical (unpaired) electrons. The zero-order chi connectivity index (χ0) is 23.5. The van der Waals surface area contributed by atoms with Crippen LogP contribution < -0.4 is 11.1 Å². The van der Waals surface area contributed by atoms with Crippen LogP contribution in [0.2, 0.25) is 0 Å². The van der Waals surface area contributed by atoms with Gasteiger partial charge in [-0.2, -0.15) is 4.31 Å². The van der Waals surface area contributed by atoms with Crippen molar-refractivity contribution in [1.29, 1.82) is 0 Å². The summed E-state index contributed by atoms with van der Waals surface area (Å²) in [4.78, 5) is 39.4. The molecule has 0 aromatic heterocycles. The number of likely N-dealkylation sites (tertiary alicyclic amines) is 1. The fraction of sp³-hybridized carbons (Fsp3) is 0.450. The molecule has 1 aromatic carbocycles. The zero-order valence-electron chi connectivity index (χ0n) is 17.5. The lowest BCUT2D eigenvalue weighted by atomic mass is 9.84. The molecule has 2 aliphatic rings. The van der Waals surface area contributed by atoms with Crippen molar-refractivity contribution in [1.82, 2.24) is 19.4 Å². The number of imide groups is 1. The van der Waals surface area contributed by atoms with E-state index in [4.69, 9.17) is 5.73 Å². The van der Waals surface area contributed by atoms with Crippen LogP contribution >= 0.6 is 0 Å². The maximum Gasteiger partial charge on any atom is 0.327 e. The van der Waals surface area contributed by atoms with Gasteiger partial charge in [-0.25, -0.2) is 22.9 Å². The highest BCUT2D eigenvalue weighted by molar-refractivity contribution is 7.89. The summed E-state index contributed by atoms with van der Waals surface area (Å²) in [6.45, 7) is 4.18. The Hall–Kier alpha value is -3.12. The summed E-state index contributed by atoms with van der Waals surface area (Å²) in [5.41, 5.74) is 5.41. The van der Waals surface area contributed by atoms with Crippen molar-refractivity contribution in [2.45, 2.75) is 23.8 Å². The number of β-lactam (4-membered cyclic amide) rings is 1. The SMILES string of the molecule is C=C(N)NCCC[C@H]1C(=O)N(C(=O)N2CCN(S(=O)(=O)c3ccccc3)CC2)C1C(=O)O. The molecule has 2 aliphatic heterocycles. The predicted octanol–water partition coefficient (Wildman–Crippen LogP) is -0.176. The average Bonchev–Trinajstić information content (AvgIpc) is 2.77. The van der Waals surface area contributed by atoms with Crippen LogP contribution in [0.15, 0.2) is 47.6 Å². The Morgan fingerprint density at radius 1 is 1.16 bits per heavy atom. The number of piperazine rings is 1. The second-order valence-electron chi connectivity index (χ2n) is 7.68. The second kappa shape index (κ2) is 9.57. The highest BCUT2D eigenvalue weighted by Crippen LogP contribution is 2.32. The van der Waals surface area contributed by atoms with Gasteiger partial charge in [0.05, 0.1) is 16.6 Å². The van der Waals surface area contributed by atoms with Crippen LogP contribution in [-0.4, -0.2) is 84.3 Å². The first-order valence-electron chi connectivity index (χ1n) is 10.2. The van der Waals surface area contributed by atoms with Gasteiger partial charge in [0.1, 0.15) is 0 Å². The van der Waals surface area contributed by atoms with Gasteiger partial charge in [0.2, 0.25) is 15.9 Å². The maximum atomic E-state index is 12.9. The molecule has 11 nitrogen and oxygen atoms in total. The number of carboxylic acid groups (broad SMARTS) is 1. The van der Waals surface area contributed by atoms with E-state index >= 15 is 0 Å². The monoisotopic (exact) mass is 465 g/mol. The summed E-state index contributed by atoms with van der Waals surface area (Å²) < 4.78 is 26.7. The third-order valence-electron chi connectivity index (χ3n) is 5.61. The Bertz CT molecular complexity index is 991. The number of nitrogens with zero attached hydrogens (tertiary/aromatic N) is 3. The van der Waals surface area contributed by atoms with Gasteiger partial charge in [-0.1, -0.05) is 24.8 Å². The quantitative estimate of drug-likeness (QED) is 0.353. The first-order valence-corrected chi connectivity index (χ1v) is 11.7. The Kier molecular flexibility index (Phi) is 7.04. The Morgan fingerprint density at radius 3 is 2.34 bits per heavy atom. The van der Waals surface area contributed by atoms with Gasteiger partial charge in [-0.05, 0) is 25.0 Å². The number of hydrogen-bond donors (Lipinski definition) is 3. The molecule has 12 heteroatoms. The number of benzene rings is 1. The van der Waals surface area contributed by atoms with Gasteiger partial charge in [0.25, 0.3) is 0 Å². The number of nitrogens with two attached hydrogens (primary N) is 1. The Labute approximate surface area is 186 Å². The van der Waals surface area contributed by atoms with E-state index in [0.29, 0.717) is 19.4 Å². The molecule has 0 aliphatic carbocycles. The number of nitrogens with one attached hydrogen (secondary N) is 1. The molecule has 2 fully saturated rings. The standard InChI is InChI=1S/C20H27N5O6S/c1-14(21)22-9-5-8-16-17(19(27)28)25(18(16)26)20(29)23-10-12-24(13-11-23)32(30,31)15-6-3-2-4-7-15/h2-4,6-7,16-17,22H,1,5,8-13,21H2,(H,27,28)/t16-,17?/m1/s1. The average molecular weight is 466 g/mol. The van der Waals surface area contributed by atoms with Crippen molar-refractivity contribution in [3.05, 3.63) is 42.7 Å². The number of rotatable bonds is 8. The summed E-state index contributed by atoms with van der Waals surface area (Å²) in [6.07, 6.45) is 0.789. The summed E-state index contributed by atoms with van der Waals surface area (Å²) in [5, 5.41) is 12.4. The number of carbonyl (C=O) groups excluding carboxylic acids is 2. The lowest BCUT2D eigenvalue weighted by Crippen LogP contribution is -2.69. The summed E-state index contributed by atoms with van der Waals surface area (Å²) in [7, 11) is -3.69. The van der Waals surface area contributed by atoms with Gasteiger partial charge >= 0.3 is 12.0 Å². The molecule has 0 bridgehead atoms. The van der Waals surface area contributed by atoms with Crippen LogP contribution in [-0.2, 0) is 19.6 Å². The minimum Gasteiger partial charge on any atom is -0.480 e. The Morgan fingerprint density at radius 2 is 1.78 bits per heavy atom. The van der Waals surface area contributed by atoms with Gasteiger partial charge in [-0.15, -0.1) is 0 Å². The molecule has 0 spiro atoms. The van der Waals surface area contributed by atoms with Crippen molar-refractivity contribution < 1.29 is 27.9 Å². The van der Waals surface area contributed by atoms with Crippen molar-refractivity contribution >= 4 is 27.9 Å². The lowest BCUT2D eigenvalue weighted by molar-refractivity contribution is -0.167. The van der Waals surface area contributed by atoms with Crippen LogP contribution in [0, 0.1) is 5.92 Å². The van der Waals surface area contributed by atoms with Crippen LogP contribution in [0.25, 0.3) is 0 Å². The fourth-order valence-electron chi connectivity index (χ4n) is 3.91. The fourth-order valence-corrected chi connectivity index (χ4v) is 5.35. The van der Waals surface area contributed by atoms with Crippen molar-refractivity contribution in [3.8, 4) is 0 Å². The number of urea groups is 1. The molecule has 2 saturated heterocycles. The highest BCUT2D eigenvalue weighted by atomic mass is 32.2. The molecule has 0 saturated carbocycles. The molecule has 2 heterocycles. The highest BCUT2D eigenvalue weighted by Gasteiger charge is 2.55. The maximum absolute atomic E-state index is 12.9. The minimum atomic E-state index is -3.69. The van der Waals surface area contributed by atoms with Crippen molar-refractivity contribution in [2.24, 2.45) is 11.7 Å². The van der Waals surface area contributed by atoms with Crippen LogP contribution in [0.1, 0.15) is 12.8 Å². The number of sulfonamides is 1. The summed E-state index contributed by atoms with van der Waals surface area (Å²) in [6, 6.07) is 6.05. The molecule has 1 aromatic rings. The molecular weight excluding hydrogens is 438 g/mol. The van der Waals surface area contributed by atoms with Crippen molar-refractivity contribution in [3.63, 3.8) is 0 Å². The first kappa shape index (κ1) is 23.5. The summed E-state index contributed by atoms with van der Waals surface area (Å²) in [5.74, 6) is -2.29. The second-order valence-corrected chi connectivity index (χ2v) is 9.62. The number of carboxylic acids is 1. The van der Waals surface area contributed by atoms with Gasteiger partial charge < -0.3 is 21.1 Å². The Balaban J connectivity index is 1.59. The van der Waals surface area contributed by atoms with Crippen LogP contribution in [0.4, 0.5) is 4.79 Å². The van der Waals surface area contributed by atoms with E-state index in [0.717, 1.165) is 4.90 Å².